The number of phenolic OH excluding ortho intramolecular Hbond substituents is 3. The summed E-state index contributed by atoms with van der Waals surface area (Å²) >= 11 is 0. The molecule has 0 bridgehead atoms. The highest BCUT2D eigenvalue weighted by atomic mass is 32.2. The maximum Gasteiger partial charge on any atom is 0.343 e. The fraction of sp³-hybridized carbons (Fsp3) is 0. The Kier molecular flexibility index (Phi) is 5.27. The Morgan fingerprint density at radius 3 is 1.65 bits per heavy atom. The topological polar surface area (TPSA) is 104 Å². The van der Waals surface area contributed by atoms with Crippen molar-refractivity contribution in [1.29, 1.82) is 0 Å². The van der Waals surface area contributed by atoms with Gasteiger partial charge in [-0.1, -0.05) is 60.7 Å². The number of hydrogen-bond donors (Lipinski definition) is 3. The fourth-order valence-electron chi connectivity index (χ4n) is 3.23. The van der Waals surface area contributed by atoms with E-state index < -0.39 is 20.8 Å². The van der Waals surface area contributed by atoms with Crippen LogP contribution in [-0.4, -0.2) is 23.7 Å². The van der Waals surface area contributed by atoms with Gasteiger partial charge >= 0.3 is 10.1 Å². The fourth-order valence-corrected chi connectivity index (χ4v) is 4.30. The first kappa shape index (κ1) is 20.3. The molecule has 3 N–H and O–H groups in total. The van der Waals surface area contributed by atoms with Gasteiger partial charge in [0, 0.05) is 17.2 Å². The molecule has 0 unspecified atom stereocenters. The summed E-state index contributed by atoms with van der Waals surface area (Å²) in [6.07, 6.45) is 0. The van der Waals surface area contributed by atoms with E-state index in [9.17, 15) is 23.7 Å². The van der Waals surface area contributed by atoms with E-state index in [2.05, 4.69) is 0 Å². The molecule has 0 saturated carbocycles. The van der Waals surface area contributed by atoms with Crippen molar-refractivity contribution in [3.8, 4) is 45.3 Å². The summed E-state index contributed by atoms with van der Waals surface area (Å²) in [7, 11) is -4.53. The molecule has 0 aromatic heterocycles. The van der Waals surface area contributed by atoms with Crippen molar-refractivity contribution in [3.63, 3.8) is 0 Å². The Hall–Kier alpha value is -3.97. The molecule has 0 atom stereocenters. The van der Waals surface area contributed by atoms with Gasteiger partial charge in [-0.15, -0.1) is 0 Å². The number of phenols is 3. The van der Waals surface area contributed by atoms with Crippen molar-refractivity contribution in [2.24, 2.45) is 0 Å². The minimum absolute atomic E-state index is 0.0158. The van der Waals surface area contributed by atoms with E-state index >= 15 is 0 Å². The Bertz CT molecular complexity index is 1270. The quantitative estimate of drug-likeness (QED) is 0.305. The predicted octanol–water partition coefficient (Wildman–Crippen LogP) is 4.91. The molecular formula is C24H18O6S. The first-order valence-electron chi connectivity index (χ1n) is 9.29. The van der Waals surface area contributed by atoms with Gasteiger partial charge in [-0.05, 0) is 35.4 Å². The molecule has 31 heavy (non-hydrogen) atoms. The molecule has 0 saturated heterocycles. The standard InChI is InChI=1S/C24H18O6S/c25-18-11-12-22(27)23(15-18)31(28,29)30-24-20(16-7-3-1-4-8-16)13-19(26)14-21(24)17-9-5-2-6-10-17/h1-15,25-27H. The average Bonchev–Trinajstić information content (AvgIpc) is 2.77. The molecule has 0 fully saturated rings. The zero-order valence-corrected chi connectivity index (χ0v) is 17.0. The van der Waals surface area contributed by atoms with Crippen molar-refractivity contribution >= 4 is 10.1 Å². The summed E-state index contributed by atoms with van der Waals surface area (Å²) in [4.78, 5) is -0.571. The molecule has 0 radical (unpaired) electrons. The van der Waals surface area contributed by atoms with Gasteiger partial charge in [-0.2, -0.15) is 8.42 Å². The molecule has 156 valence electrons. The molecular weight excluding hydrogens is 416 g/mol. The third kappa shape index (κ3) is 4.17. The molecule has 6 nitrogen and oxygen atoms in total. The van der Waals surface area contributed by atoms with Crippen LogP contribution in [0.1, 0.15) is 0 Å². The van der Waals surface area contributed by atoms with Crippen LogP contribution in [-0.2, 0) is 10.1 Å². The summed E-state index contributed by atoms with van der Waals surface area (Å²) < 4.78 is 31.7. The van der Waals surface area contributed by atoms with Gasteiger partial charge in [0.25, 0.3) is 0 Å². The average molecular weight is 434 g/mol. The van der Waals surface area contributed by atoms with Crippen LogP contribution in [0.3, 0.4) is 0 Å². The first-order valence-corrected chi connectivity index (χ1v) is 10.7. The lowest BCUT2D eigenvalue weighted by Gasteiger charge is -2.17. The Morgan fingerprint density at radius 1 is 0.613 bits per heavy atom. The second-order valence-electron chi connectivity index (χ2n) is 6.79. The maximum atomic E-state index is 13.1. The van der Waals surface area contributed by atoms with Crippen molar-refractivity contribution in [2.75, 3.05) is 0 Å². The van der Waals surface area contributed by atoms with E-state index in [1.807, 2.05) is 12.1 Å². The predicted molar refractivity (Wildman–Crippen MR) is 117 cm³/mol. The molecule has 4 aromatic rings. The van der Waals surface area contributed by atoms with Crippen LogP contribution in [0.5, 0.6) is 23.0 Å². The van der Waals surface area contributed by atoms with Gasteiger partial charge in [0.1, 0.15) is 17.2 Å². The zero-order chi connectivity index (χ0) is 22.0. The second-order valence-corrected chi connectivity index (χ2v) is 8.31. The molecule has 4 aromatic carbocycles. The van der Waals surface area contributed by atoms with Gasteiger partial charge in [0.05, 0.1) is 0 Å². The van der Waals surface area contributed by atoms with Crippen LogP contribution in [0.2, 0.25) is 0 Å². The van der Waals surface area contributed by atoms with Crippen LogP contribution >= 0.6 is 0 Å². The molecule has 7 heteroatoms. The van der Waals surface area contributed by atoms with E-state index in [0.717, 1.165) is 12.1 Å². The van der Waals surface area contributed by atoms with Crippen LogP contribution in [0, 0.1) is 0 Å². The molecule has 0 spiro atoms. The van der Waals surface area contributed by atoms with E-state index in [-0.39, 0.29) is 17.2 Å². The van der Waals surface area contributed by atoms with Crippen LogP contribution in [0.15, 0.2) is 95.9 Å². The Labute approximate surface area is 179 Å². The number of aromatic hydroxyl groups is 3. The summed E-state index contributed by atoms with van der Waals surface area (Å²) in [6, 6.07) is 23.7. The molecule has 0 aliphatic rings. The van der Waals surface area contributed by atoms with Crippen molar-refractivity contribution < 1.29 is 27.9 Å². The van der Waals surface area contributed by atoms with Gasteiger partial charge in [-0.3, -0.25) is 0 Å². The van der Waals surface area contributed by atoms with Crippen molar-refractivity contribution in [2.45, 2.75) is 4.90 Å². The highest BCUT2D eigenvalue weighted by Gasteiger charge is 2.26. The molecule has 0 aliphatic heterocycles. The second kappa shape index (κ2) is 8.04. The van der Waals surface area contributed by atoms with E-state index in [0.29, 0.717) is 22.3 Å². The lowest BCUT2D eigenvalue weighted by Crippen LogP contribution is -2.11. The van der Waals surface area contributed by atoms with Crippen molar-refractivity contribution in [1.82, 2.24) is 0 Å². The maximum absolute atomic E-state index is 13.1. The van der Waals surface area contributed by atoms with Gasteiger partial charge in [0.2, 0.25) is 0 Å². The number of rotatable bonds is 5. The number of benzene rings is 4. The molecule has 4 rings (SSSR count). The summed E-state index contributed by atoms with van der Waals surface area (Å²) in [5, 5.41) is 30.1. The third-order valence-corrected chi connectivity index (χ3v) is 5.90. The van der Waals surface area contributed by atoms with Crippen LogP contribution < -0.4 is 4.18 Å². The lowest BCUT2D eigenvalue weighted by atomic mass is 9.97. The SMILES string of the molecule is O=S(=O)(Oc1c(-c2ccccc2)cc(O)cc1-c1ccccc1)c1cc(O)ccc1O. The Balaban J connectivity index is 1.96. The highest BCUT2D eigenvalue weighted by molar-refractivity contribution is 7.87. The summed E-state index contributed by atoms with van der Waals surface area (Å²) in [5.41, 5.74) is 1.95. The third-order valence-electron chi connectivity index (χ3n) is 4.65. The normalized spacial score (nSPS) is 11.2. The number of hydrogen-bond acceptors (Lipinski definition) is 6. The van der Waals surface area contributed by atoms with Crippen LogP contribution in [0.25, 0.3) is 22.3 Å². The lowest BCUT2D eigenvalue weighted by molar-refractivity contribution is 0.434. The van der Waals surface area contributed by atoms with Gasteiger partial charge in [0.15, 0.2) is 10.6 Å². The van der Waals surface area contributed by atoms with Gasteiger partial charge in [-0.25, -0.2) is 0 Å². The summed E-state index contributed by atoms with van der Waals surface area (Å²) in [5.74, 6) is -0.975. The first-order chi connectivity index (χ1) is 14.8. The van der Waals surface area contributed by atoms with E-state index in [1.54, 1.807) is 48.5 Å². The molecule has 0 aliphatic carbocycles. The van der Waals surface area contributed by atoms with Crippen molar-refractivity contribution in [3.05, 3.63) is 91.0 Å². The van der Waals surface area contributed by atoms with Crippen LogP contribution in [0.4, 0.5) is 0 Å². The highest BCUT2D eigenvalue weighted by Crippen LogP contribution is 2.44. The Morgan fingerprint density at radius 2 is 1.13 bits per heavy atom. The van der Waals surface area contributed by atoms with E-state index in [1.165, 1.54) is 18.2 Å². The monoisotopic (exact) mass is 434 g/mol. The largest absolute Gasteiger partial charge is 0.508 e. The minimum Gasteiger partial charge on any atom is -0.508 e. The smallest absolute Gasteiger partial charge is 0.343 e. The van der Waals surface area contributed by atoms with E-state index in [4.69, 9.17) is 4.18 Å². The van der Waals surface area contributed by atoms with Gasteiger partial charge < -0.3 is 19.5 Å². The minimum atomic E-state index is -4.53. The zero-order valence-electron chi connectivity index (χ0n) is 16.1. The summed E-state index contributed by atoms with van der Waals surface area (Å²) in [6.45, 7) is 0. The molecule has 0 heterocycles. The molecule has 0 amide bonds.